The average Bonchev–Trinajstić information content (AvgIpc) is 2.78. The molecule has 0 aliphatic rings. The van der Waals surface area contributed by atoms with Gasteiger partial charge in [0.1, 0.15) is 6.54 Å². The van der Waals surface area contributed by atoms with Crippen molar-refractivity contribution in [3.63, 3.8) is 0 Å². The minimum Gasteiger partial charge on any atom is -0.354 e. The number of nitrogens with one attached hydrogen (secondary N) is 1. The maximum Gasteiger partial charge on any atom is 0.417 e. The number of carbonyl (C=O) groups excluding carboxylic acids is 1. The lowest BCUT2D eigenvalue weighted by molar-refractivity contribution is -0.136. The van der Waals surface area contributed by atoms with Crippen molar-refractivity contribution in [2.45, 2.75) is 33.0 Å². The number of pyridine rings is 1. The average molecular weight is 357 g/mol. The second kappa shape index (κ2) is 7.38. The molecule has 0 aliphatic heterocycles. The molecule has 0 saturated heterocycles. The summed E-state index contributed by atoms with van der Waals surface area (Å²) in [5, 5.41) is 6.77. The summed E-state index contributed by atoms with van der Waals surface area (Å²) in [6.45, 7) is 4.14. The van der Waals surface area contributed by atoms with Crippen molar-refractivity contribution in [2.24, 2.45) is 0 Å². The van der Waals surface area contributed by atoms with Crippen LogP contribution in [0.4, 0.5) is 13.2 Å². The largest absolute Gasteiger partial charge is 0.417 e. The molecule has 0 aromatic carbocycles. The van der Waals surface area contributed by atoms with Crippen molar-refractivity contribution in [1.82, 2.24) is 25.0 Å². The molecule has 2 rings (SSSR count). The van der Waals surface area contributed by atoms with Crippen molar-refractivity contribution < 1.29 is 18.0 Å². The van der Waals surface area contributed by atoms with Crippen LogP contribution in [0.5, 0.6) is 0 Å². The highest BCUT2D eigenvalue weighted by atomic mass is 19.4. The van der Waals surface area contributed by atoms with E-state index >= 15 is 0 Å². The van der Waals surface area contributed by atoms with Gasteiger partial charge in [-0.3, -0.25) is 4.79 Å². The summed E-state index contributed by atoms with van der Waals surface area (Å²) in [4.78, 5) is 18.2. The van der Waals surface area contributed by atoms with E-state index in [9.17, 15) is 18.0 Å². The van der Waals surface area contributed by atoms with Crippen molar-refractivity contribution in [2.75, 3.05) is 27.2 Å². The molecule has 0 aliphatic carbocycles. The predicted octanol–water partition coefficient (Wildman–Crippen LogP) is 2.13. The van der Waals surface area contributed by atoms with E-state index in [1.54, 1.807) is 0 Å². The lowest BCUT2D eigenvalue weighted by Crippen LogP contribution is -2.30. The van der Waals surface area contributed by atoms with Crippen molar-refractivity contribution in [3.05, 3.63) is 23.0 Å². The van der Waals surface area contributed by atoms with E-state index < -0.39 is 11.7 Å². The first-order chi connectivity index (χ1) is 11.6. The van der Waals surface area contributed by atoms with Gasteiger partial charge in [-0.2, -0.15) is 18.3 Å². The Bertz CT molecular complexity index is 767. The molecule has 0 unspecified atom stereocenters. The Morgan fingerprint density at radius 1 is 1.32 bits per heavy atom. The summed E-state index contributed by atoms with van der Waals surface area (Å²) in [5.41, 5.74) is -0.263. The van der Waals surface area contributed by atoms with Gasteiger partial charge in [0.2, 0.25) is 5.91 Å². The van der Waals surface area contributed by atoms with E-state index in [2.05, 4.69) is 15.4 Å². The SMILES string of the molecule is Cc1cc(C(F)(F)F)c2c(C)nn(CC(=O)NCCCN(C)C)c2n1. The van der Waals surface area contributed by atoms with Gasteiger partial charge in [-0.25, -0.2) is 9.67 Å². The second-order valence-electron chi connectivity index (χ2n) is 6.26. The first-order valence-electron chi connectivity index (χ1n) is 7.93. The van der Waals surface area contributed by atoms with Crippen molar-refractivity contribution >= 4 is 16.9 Å². The highest BCUT2D eigenvalue weighted by Gasteiger charge is 2.35. The van der Waals surface area contributed by atoms with Crippen LogP contribution in [0.3, 0.4) is 0 Å². The molecule has 138 valence electrons. The summed E-state index contributed by atoms with van der Waals surface area (Å²) in [6.07, 6.45) is -3.72. The van der Waals surface area contributed by atoms with Gasteiger partial charge in [-0.1, -0.05) is 0 Å². The molecule has 25 heavy (non-hydrogen) atoms. The summed E-state index contributed by atoms with van der Waals surface area (Å²) < 4.78 is 41.0. The van der Waals surface area contributed by atoms with Gasteiger partial charge in [-0.05, 0) is 47.0 Å². The molecule has 2 heterocycles. The molecular formula is C16H22F3N5O. The predicted molar refractivity (Wildman–Crippen MR) is 88.2 cm³/mol. The molecule has 0 bridgehead atoms. The number of fused-ring (bicyclic) bond motifs is 1. The topological polar surface area (TPSA) is 63.1 Å². The highest BCUT2D eigenvalue weighted by molar-refractivity contribution is 5.85. The molecule has 1 N–H and O–H groups in total. The fourth-order valence-electron chi connectivity index (χ4n) is 2.63. The summed E-state index contributed by atoms with van der Waals surface area (Å²) in [5.74, 6) is -0.306. The van der Waals surface area contributed by atoms with E-state index in [4.69, 9.17) is 0 Å². The first kappa shape index (κ1) is 19.2. The molecule has 2 aromatic rings. The third-order valence-corrected chi connectivity index (χ3v) is 3.71. The molecule has 9 heteroatoms. The highest BCUT2D eigenvalue weighted by Crippen LogP contribution is 2.36. The van der Waals surface area contributed by atoms with E-state index in [1.165, 1.54) is 18.5 Å². The van der Waals surface area contributed by atoms with Crippen LogP contribution in [-0.2, 0) is 17.5 Å². The third kappa shape index (κ3) is 4.68. The quantitative estimate of drug-likeness (QED) is 0.805. The molecular weight excluding hydrogens is 335 g/mol. The van der Waals surface area contributed by atoms with Crippen LogP contribution in [0.15, 0.2) is 6.07 Å². The molecule has 2 aromatic heterocycles. The van der Waals surface area contributed by atoms with Crippen LogP contribution in [0.2, 0.25) is 0 Å². The summed E-state index contributed by atoms with van der Waals surface area (Å²) in [6, 6.07) is 1.00. The zero-order valence-corrected chi connectivity index (χ0v) is 14.7. The van der Waals surface area contributed by atoms with Crippen LogP contribution in [0.1, 0.15) is 23.4 Å². The maximum atomic E-state index is 13.3. The molecule has 6 nitrogen and oxygen atoms in total. The molecule has 0 radical (unpaired) electrons. The van der Waals surface area contributed by atoms with Crippen LogP contribution in [-0.4, -0.2) is 52.8 Å². The summed E-state index contributed by atoms with van der Waals surface area (Å²) >= 11 is 0. The number of nitrogens with zero attached hydrogens (tertiary/aromatic N) is 4. The zero-order chi connectivity index (χ0) is 18.8. The maximum absolute atomic E-state index is 13.3. The Kier molecular flexibility index (Phi) is 5.66. The fourth-order valence-corrected chi connectivity index (χ4v) is 2.63. The number of hydrogen-bond donors (Lipinski definition) is 1. The standard InChI is InChI=1S/C16H22F3N5O/c1-10-8-12(16(17,18)19)14-11(2)22-24(15(14)21-10)9-13(25)20-6-5-7-23(3)4/h8H,5-7,9H2,1-4H3,(H,20,25). The minimum atomic E-state index is -4.50. The lowest BCUT2D eigenvalue weighted by atomic mass is 10.1. The van der Waals surface area contributed by atoms with Gasteiger partial charge in [0.25, 0.3) is 0 Å². The number of amides is 1. The smallest absolute Gasteiger partial charge is 0.354 e. The van der Waals surface area contributed by atoms with Gasteiger partial charge in [0.05, 0.1) is 16.6 Å². The van der Waals surface area contributed by atoms with Crippen LogP contribution in [0.25, 0.3) is 11.0 Å². The van der Waals surface area contributed by atoms with E-state index in [1.807, 2.05) is 19.0 Å². The normalized spacial score (nSPS) is 12.2. The molecule has 1 amide bonds. The zero-order valence-electron chi connectivity index (χ0n) is 14.7. The number of aryl methyl sites for hydroxylation is 2. The van der Waals surface area contributed by atoms with Crippen LogP contribution < -0.4 is 5.32 Å². The third-order valence-electron chi connectivity index (χ3n) is 3.71. The van der Waals surface area contributed by atoms with Gasteiger partial charge in [0.15, 0.2) is 5.65 Å². The van der Waals surface area contributed by atoms with E-state index in [0.29, 0.717) is 6.54 Å². The number of halogens is 3. The van der Waals surface area contributed by atoms with Gasteiger partial charge >= 0.3 is 6.18 Å². The van der Waals surface area contributed by atoms with Gasteiger partial charge in [0, 0.05) is 12.2 Å². The number of alkyl halides is 3. The fraction of sp³-hybridized carbons (Fsp3) is 0.562. The minimum absolute atomic E-state index is 0.0569. The van der Waals surface area contributed by atoms with Crippen molar-refractivity contribution in [1.29, 1.82) is 0 Å². The molecule has 0 atom stereocenters. The Balaban J connectivity index is 2.22. The number of carbonyl (C=O) groups is 1. The van der Waals surface area contributed by atoms with Crippen LogP contribution in [0, 0.1) is 13.8 Å². The van der Waals surface area contributed by atoms with E-state index in [-0.39, 0.29) is 34.9 Å². The van der Waals surface area contributed by atoms with E-state index in [0.717, 1.165) is 19.0 Å². The Hall–Kier alpha value is -2.16. The van der Waals surface area contributed by atoms with Gasteiger partial charge < -0.3 is 10.2 Å². The molecule has 0 saturated carbocycles. The Morgan fingerprint density at radius 3 is 2.60 bits per heavy atom. The molecule has 0 spiro atoms. The number of rotatable bonds is 6. The number of aromatic nitrogens is 3. The Labute approximate surface area is 144 Å². The van der Waals surface area contributed by atoms with Crippen LogP contribution >= 0.6 is 0 Å². The monoisotopic (exact) mass is 357 g/mol. The molecule has 0 fully saturated rings. The van der Waals surface area contributed by atoms with Gasteiger partial charge in [-0.15, -0.1) is 0 Å². The lowest BCUT2D eigenvalue weighted by Gasteiger charge is -2.11. The van der Waals surface area contributed by atoms with Crippen molar-refractivity contribution in [3.8, 4) is 0 Å². The summed E-state index contributed by atoms with van der Waals surface area (Å²) in [7, 11) is 3.87. The second-order valence-corrected chi connectivity index (χ2v) is 6.26. The number of hydrogen-bond acceptors (Lipinski definition) is 4. The Morgan fingerprint density at radius 2 is 2.00 bits per heavy atom. The first-order valence-corrected chi connectivity index (χ1v) is 7.93.